The van der Waals surface area contributed by atoms with Crippen LogP contribution in [0.4, 0.5) is 4.39 Å². The quantitative estimate of drug-likeness (QED) is 0.731. The van der Waals surface area contributed by atoms with Crippen molar-refractivity contribution >= 4 is 5.71 Å². The number of nitrogens with one attached hydrogen (secondary N) is 1. The highest BCUT2D eigenvalue weighted by Crippen LogP contribution is 2.25. The van der Waals surface area contributed by atoms with Gasteiger partial charge in [0, 0.05) is 18.0 Å². The number of rotatable bonds is 1. The van der Waals surface area contributed by atoms with E-state index in [1.54, 1.807) is 6.07 Å². The zero-order chi connectivity index (χ0) is 14.4. The van der Waals surface area contributed by atoms with Crippen molar-refractivity contribution in [1.82, 2.24) is 14.5 Å². The monoisotopic (exact) mass is 280 g/mol. The lowest BCUT2D eigenvalue weighted by atomic mass is 10.0. The van der Waals surface area contributed by atoms with Gasteiger partial charge in [0.05, 0.1) is 29.3 Å². The van der Waals surface area contributed by atoms with Crippen molar-refractivity contribution in [2.24, 2.45) is 4.99 Å². The van der Waals surface area contributed by atoms with Crippen LogP contribution in [0.5, 0.6) is 0 Å². The van der Waals surface area contributed by atoms with Gasteiger partial charge in [-0.3, -0.25) is 4.99 Å². The number of aryl methyl sites for hydroxylation is 1. The van der Waals surface area contributed by atoms with Gasteiger partial charge in [0.25, 0.3) is 0 Å². The van der Waals surface area contributed by atoms with Gasteiger partial charge >= 0.3 is 0 Å². The molecule has 5 heteroatoms. The summed E-state index contributed by atoms with van der Waals surface area (Å²) in [5.41, 5.74) is 4.24. The fraction of sp³-hybridized carbons (Fsp3) is 0.125. The number of halogens is 1. The Balaban J connectivity index is 2.01. The molecule has 0 aliphatic carbocycles. The van der Waals surface area contributed by atoms with Crippen LogP contribution in [0.1, 0.15) is 22.8 Å². The topological polar surface area (TPSA) is 46.0 Å². The summed E-state index contributed by atoms with van der Waals surface area (Å²) < 4.78 is 15.7. The molecule has 4 rings (SSSR count). The zero-order valence-electron chi connectivity index (χ0n) is 11.5. The molecule has 4 nitrogen and oxygen atoms in total. The molecule has 0 saturated carbocycles. The van der Waals surface area contributed by atoms with E-state index in [-0.39, 0.29) is 5.82 Å². The number of aromatic amines is 1. The predicted octanol–water partition coefficient (Wildman–Crippen LogP) is 3.00. The highest BCUT2D eigenvalue weighted by atomic mass is 19.1. The molecule has 21 heavy (non-hydrogen) atoms. The van der Waals surface area contributed by atoms with E-state index in [0.717, 1.165) is 34.2 Å². The minimum atomic E-state index is -0.270. The third kappa shape index (κ3) is 1.89. The first-order valence-electron chi connectivity index (χ1n) is 6.76. The van der Waals surface area contributed by atoms with Gasteiger partial charge in [-0.2, -0.15) is 0 Å². The highest BCUT2D eigenvalue weighted by Gasteiger charge is 2.20. The molecule has 0 amide bonds. The number of H-pyrrole nitrogens is 1. The van der Waals surface area contributed by atoms with Crippen LogP contribution in [0.2, 0.25) is 0 Å². The normalized spacial score (nSPS) is 13.3. The number of aliphatic imine (C=N–C) groups is 1. The maximum absolute atomic E-state index is 13.7. The highest BCUT2D eigenvalue weighted by molar-refractivity contribution is 6.14. The standard InChI is InChI=1S/C16H13FN4/c1-10-9-21-14-5-4-11(17)7-12(14)16(13-3-2-6-18-13)19-8-15(21)20-10/h2-7,9,18H,8H2,1H3. The molecule has 0 radical (unpaired) electrons. The number of aromatic nitrogens is 3. The molecule has 1 aliphatic rings. The molecular formula is C16H13FN4. The molecule has 3 heterocycles. The van der Waals surface area contributed by atoms with Crippen molar-refractivity contribution in [2.45, 2.75) is 13.5 Å². The average molecular weight is 280 g/mol. The average Bonchev–Trinajstić information content (AvgIpc) is 3.07. The summed E-state index contributed by atoms with van der Waals surface area (Å²) in [6.07, 6.45) is 3.80. The van der Waals surface area contributed by atoms with Crippen LogP contribution in [0, 0.1) is 12.7 Å². The SMILES string of the molecule is Cc1cn2c(n1)CN=C(c1ccc[nH]1)c1cc(F)ccc1-2. The summed E-state index contributed by atoms with van der Waals surface area (Å²) in [5, 5.41) is 0. The van der Waals surface area contributed by atoms with E-state index in [9.17, 15) is 4.39 Å². The number of hydrogen-bond donors (Lipinski definition) is 1. The number of nitrogens with zero attached hydrogens (tertiary/aromatic N) is 3. The first-order valence-corrected chi connectivity index (χ1v) is 6.76. The van der Waals surface area contributed by atoms with Crippen LogP contribution in [-0.4, -0.2) is 20.2 Å². The van der Waals surface area contributed by atoms with Crippen molar-refractivity contribution in [1.29, 1.82) is 0 Å². The minimum absolute atomic E-state index is 0.270. The van der Waals surface area contributed by atoms with Crippen LogP contribution in [0.3, 0.4) is 0 Å². The first kappa shape index (κ1) is 12.1. The smallest absolute Gasteiger partial charge is 0.135 e. The molecule has 0 spiro atoms. The van der Waals surface area contributed by atoms with Crippen molar-refractivity contribution < 1.29 is 4.39 Å². The second-order valence-corrected chi connectivity index (χ2v) is 5.08. The lowest BCUT2D eigenvalue weighted by Crippen LogP contribution is -2.07. The number of hydrogen-bond acceptors (Lipinski definition) is 2. The molecule has 0 unspecified atom stereocenters. The summed E-state index contributed by atoms with van der Waals surface area (Å²) in [5.74, 6) is 0.593. The van der Waals surface area contributed by atoms with Crippen LogP contribution >= 0.6 is 0 Å². The van der Waals surface area contributed by atoms with Crippen molar-refractivity contribution in [3.8, 4) is 5.69 Å². The van der Waals surface area contributed by atoms with E-state index in [4.69, 9.17) is 0 Å². The molecule has 0 bridgehead atoms. The molecule has 0 atom stereocenters. The molecule has 1 aliphatic heterocycles. The molecule has 104 valence electrons. The Labute approximate surface area is 121 Å². The molecule has 1 aromatic carbocycles. The van der Waals surface area contributed by atoms with Gasteiger partial charge in [-0.1, -0.05) is 0 Å². The minimum Gasteiger partial charge on any atom is -0.360 e. The van der Waals surface area contributed by atoms with Crippen molar-refractivity contribution in [2.75, 3.05) is 0 Å². The van der Waals surface area contributed by atoms with Gasteiger partial charge in [-0.25, -0.2) is 9.37 Å². The van der Waals surface area contributed by atoms with Crippen LogP contribution < -0.4 is 0 Å². The zero-order valence-corrected chi connectivity index (χ0v) is 11.5. The molecular weight excluding hydrogens is 267 g/mol. The molecule has 0 saturated heterocycles. The van der Waals surface area contributed by atoms with E-state index in [1.165, 1.54) is 12.1 Å². The van der Waals surface area contributed by atoms with E-state index < -0.39 is 0 Å². The summed E-state index contributed by atoms with van der Waals surface area (Å²) in [6.45, 7) is 2.42. The van der Waals surface area contributed by atoms with Gasteiger partial charge in [0.1, 0.15) is 11.6 Å². The van der Waals surface area contributed by atoms with Crippen LogP contribution in [-0.2, 0) is 6.54 Å². The number of benzene rings is 1. The predicted molar refractivity (Wildman–Crippen MR) is 78.4 cm³/mol. The Hall–Kier alpha value is -2.69. The van der Waals surface area contributed by atoms with E-state index in [1.807, 2.05) is 36.0 Å². The third-order valence-corrected chi connectivity index (χ3v) is 3.60. The second kappa shape index (κ2) is 4.41. The Morgan fingerprint density at radius 3 is 3.00 bits per heavy atom. The first-order chi connectivity index (χ1) is 10.2. The Morgan fingerprint density at radius 1 is 1.29 bits per heavy atom. The van der Waals surface area contributed by atoms with Gasteiger partial charge in [0.15, 0.2) is 0 Å². The van der Waals surface area contributed by atoms with Crippen molar-refractivity contribution in [3.63, 3.8) is 0 Å². The Bertz CT molecular complexity index is 843. The Morgan fingerprint density at radius 2 is 2.19 bits per heavy atom. The van der Waals surface area contributed by atoms with Gasteiger partial charge in [-0.05, 0) is 37.3 Å². The van der Waals surface area contributed by atoms with Crippen molar-refractivity contribution in [3.05, 3.63) is 71.3 Å². The molecule has 3 aromatic rings. The van der Waals surface area contributed by atoms with E-state index in [0.29, 0.717) is 6.54 Å². The second-order valence-electron chi connectivity index (χ2n) is 5.08. The lowest BCUT2D eigenvalue weighted by Gasteiger charge is -2.10. The fourth-order valence-electron chi connectivity index (χ4n) is 2.72. The summed E-state index contributed by atoms with van der Waals surface area (Å²) in [4.78, 5) is 12.3. The van der Waals surface area contributed by atoms with Gasteiger partial charge in [-0.15, -0.1) is 0 Å². The summed E-state index contributed by atoms with van der Waals surface area (Å²) in [7, 11) is 0. The van der Waals surface area contributed by atoms with E-state index >= 15 is 0 Å². The fourth-order valence-corrected chi connectivity index (χ4v) is 2.72. The van der Waals surface area contributed by atoms with Crippen LogP contribution in [0.25, 0.3) is 5.69 Å². The molecule has 0 fully saturated rings. The van der Waals surface area contributed by atoms with Gasteiger partial charge in [0.2, 0.25) is 0 Å². The summed E-state index contributed by atoms with van der Waals surface area (Å²) >= 11 is 0. The van der Waals surface area contributed by atoms with Gasteiger partial charge < -0.3 is 9.55 Å². The third-order valence-electron chi connectivity index (χ3n) is 3.60. The Kier molecular flexibility index (Phi) is 2.54. The lowest BCUT2D eigenvalue weighted by molar-refractivity contribution is 0.627. The van der Waals surface area contributed by atoms with E-state index in [2.05, 4.69) is 15.0 Å². The maximum Gasteiger partial charge on any atom is 0.135 e. The molecule has 1 N–H and O–H groups in total. The van der Waals surface area contributed by atoms with Crippen LogP contribution in [0.15, 0.2) is 47.7 Å². The molecule has 2 aromatic heterocycles. The maximum atomic E-state index is 13.7. The number of imidazole rings is 1. The largest absolute Gasteiger partial charge is 0.360 e. The number of fused-ring (bicyclic) bond motifs is 3. The summed E-state index contributed by atoms with van der Waals surface area (Å²) in [6, 6.07) is 8.62.